The lowest BCUT2D eigenvalue weighted by molar-refractivity contribution is 0.636. The highest BCUT2D eigenvalue weighted by molar-refractivity contribution is 6.70. The van der Waals surface area contributed by atoms with Crippen molar-refractivity contribution in [3.63, 3.8) is 0 Å². The minimum atomic E-state index is -0.999. The van der Waals surface area contributed by atoms with Crippen LogP contribution in [0.15, 0.2) is 30.3 Å². The van der Waals surface area contributed by atoms with Crippen LogP contribution in [-0.2, 0) is 8.23 Å². The highest BCUT2D eigenvalue weighted by Gasteiger charge is 2.04. The molecule has 1 aromatic rings. The van der Waals surface area contributed by atoms with E-state index in [2.05, 4.69) is 41.5 Å². The van der Waals surface area contributed by atoms with E-state index in [9.17, 15) is 0 Å². The summed E-state index contributed by atoms with van der Waals surface area (Å²) in [5.74, 6) is 0. The molecular weight excluding hydrogens is 240 g/mol. The Morgan fingerprint density at radius 3 is 2.14 bits per heavy atom. The van der Waals surface area contributed by atoms with Crippen LogP contribution in [0, 0.1) is 0 Å². The molecule has 0 fully saturated rings. The Hall–Kier alpha value is 0.00753. The first-order chi connectivity index (χ1) is 6.76. The van der Waals surface area contributed by atoms with E-state index in [0.717, 1.165) is 21.0 Å². The molecule has 80 valence electrons. The molecule has 1 rings (SSSR count). The predicted molar refractivity (Wildman–Crippen MR) is 75.5 cm³/mol. The summed E-state index contributed by atoms with van der Waals surface area (Å²) in [5, 5.41) is 1.42. The number of benzene rings is 1. The quantitative estimate of drug-likeness (QED) is 0.583. The molecule has 1 atom stereocenters. The van der Waals surface area contributed by atoms with Gasteiger partial charge in [0.2, 0.25) is 0 Å². The molecule has 14 heavy (non-hydrogen) atoms. The lowest BCUT2D eigenvalue weighted by Crippen LogP contribution is -2.30. The van der Waals surface area contributed by atoms with Crippen LogP contribution in [-0.4, -0.2) is 39.8 Å². The van der Waals surface area contributed by atoms with Crippen LogP contribution in [0.5, 0.6) is 0 Å². The first-order valence-corrected chi connectivity index (χ1v) is 10.7. The number of hydrogen-bond acceptors (Lipinski definition) is 2. The molecule has 0 amide bonds. The van der Waals surface area contributed by atoms with Gasteiger partial charge in [0, 0.05) is 0 Å². The Morgan fingerprint density at radius 1 is 1.21 bits per heavy atom. The lowest BCUT2D eigenvalue weighted by Gasteiger charge is -2.09. The van der Waals surface area contributed by atoms with E-state index in [1.54, 1.807) is 0 Å². The minimum absolute atomic E-state index is 0.216. The van der Waals surface area contributed by atoms with E-state index in [1.165, 1.54) is 5.19 Å². The Morgan fingerprint density at radius 2 is 1.71 bits per heavy atom. The normalized spacial score (nSPS) is 12.7. The summed E-state index contributed by atoms with van der Waals surface area (Å²) >= 11 is 0. The van der Waals surface area contributed by atoms with Gasteiger partial charge in [-0.25, -0.2) is 0 Å². The largest absolute Gasteiger partial charge is 0.471 e. The van der Waals surface area contributed by atoms with Crippen molar-refractivity contribution >= 4 is 45.0 Å². The van der Waals surface area contributed by atoms with Gasteiger partial charge in [-0.3, -0.25) is 0 Å². The summed E-state index contributed by atoms with van der Waals surface area (Å²) in [4.78, 5) is 0. The van der Waals surface area contributed by atoms with Crippen molar-refractivity contribution in [1.82, 2.24) is 0 Å². The van der Waals surface area contributed by atoms with E-state index in [-0.39, 0.29) is 9.76 Å². The molecule has 0 aliphatic carbocycles. The van der Waals surface area contributed by atoms with Crippen LogP contribution < -0.4 is 5.19 Å². The molecule has 0 aliphatic rings. The predicted octanol–water partition coefficient (Wildman–Crippen LogP) is -2.04. The third-order valence-electron chi connectivity index (χ3n) is 1.69. The molecular formula is C8H20O2Si4. The van der Waals surface area contributed by atoms with Gasteiger partial charge in [-0.05, 0) is 11.7 Å². The molecule has 0 aliphatic heterocycles. The van der Waals surface area contributed by atoms with Crippen LogP contribution in [0.4, 0.5) is 0 Å². The van der Waals surface area contributed by atoms with Gasteiger partial charge < -0.3 is 8.23 Å². The third-order valence-corrected chi connectivity index (χ3v) is 6.34. The van der Waals surface area contributed by atoms with Crippen LogP contribution in [0.25, 0.3) is 0 Å². The van der Waals surface area contributed by atoms with Gasteiger partial charge in [0.1, 0.15) is 30.7 Å². The Labute approximate surface area is 96.8 Å². The molecule has 0 saturated carbocycles. The summed E-state index contributed by atoms with van der Waals surface area (Å²) in [6, 6.07) is 10.6. The van der Waals surface area contributed by atoms with E-state index >= 15 is 0 Å². The van der Waals surface area contributed by atoms with Gasteiger partial charge in [0.15, 0.2) is 9.04 Å². The maximum atomic E-state index is 5.71. The first-order valence-electron chi connectivity index (χ1n) is 4.82. The molecule has 1 aromatic carbocycles. The van der Waals surface area contributed by atoms with Crippen LogP contribution >= 0.6 is 0 Å². The highest BCUT2D eigenvalue weighted by atomic mass is 28.3. The smallest absolute Gasteiger partial charge is 0.192 e. The average Bonchev–Trinajstić information content (AvgIpc) is 2.21. The fraction of sp³-hybridized carbons (Fsp3) is 0.250. The van der Waals surface area contributed by atoms with Crippen LogP contribution in [0.1, 0.15) is 0 Å². The monoisotopic (exact) mass is 260 g/mol. The van der Waals surface area contributed by atoms with E-state index in [0.29, 0.717) is 0 Å². The van der Waals surface area contributed by atoms with Crippen LogP contribution in [0.2, 0.25) is 13.1 Å². The van der Waals surface area contributed by atoms with Crippen molar-refractivity contribution in [3.8, 4) is 0 Å². The van der Waals surface area contributed by atoms with E-state index in [4.69, 9.17) is 4.12 Å². The van der Waals surface area contributed by atoms with Crippen molar-refractivity contribution in [2.45, 2.75) is 13.1 Å². The van der Waals surface area contributed by atoms with Crippen molar-refractivity contribution in [3.05, 3.63) is 30.3 Å². The molecule has 1 unspecified atom stereocenters. The summed E-state index contributed by atoms with van der Waals surface area (Å²) in [6.07, 6.45) is 0. The Bertz CT molecular complexity index is 220. The number of rotatable bonds is 3. The van der Waals surface area contributed by atoms with Crippen molar-refractivity contribution < 1.29 is 8.23 Å². The second kappa shape index (κ2) is 9.56. The molecule has 0 bridgehead atoms. The topological polar surface area (TPSA) is 18.5 Å². The summed E-state index contributed by atoms with van der Waals surface area (Å²) in [5.41, 5.74) is 0. The summed E-state index contributed by atoms with van der Waals surface area (Å²) < 4.78 is 10.2. The molecule has 0 spiro atoms. The molecule has 2 nitrogen and oxygen atoms in total. The standard InChI is InChI=1S/C8H14OSi2.H6OSi2/c1-10-9-11(2)8-6-4-3-5-7-8;2-1-3/h3-7,11H,10H2,1-2H3;2-3H3. The molecule has 0 heterocycles. The lowest BCUT2D eigenvalue weighted by atomic mass is 10.4. The zero-order valence-corrected chi connectivity index (χ0v) is 16.1. The third kappa shape index (κ3) is 6.46. The number of hydrogen-bond donors (Lipinski definition) is 0. The zero-order valence-electron chi connectivity index (χ0n) is 9.49. The first kappa shape index (κ1) is 14.0. The molecule has 0 N–H and O–H groups in total. The van der Waals surface area contributed by atoms with Gasteiger partial charge in [0.25, 0.3) is 0 Å². The fourth-order valence-corrected chi connectivity index (χ4v) is 4.60. The molecule has 0 saturated heterocycles. The zero-order chi connectivity index (χ0) is 10.8. The van der Waals surface area contributed by atoms with Gasteiger partial charge in [-0.1, -0.05) is 36.9 Å². The summed E-state index contributed by atoms with van der Waals surface area (Å²) in [7, 11) is 0.647. The van der Waals surface area contributed by atoms with Crippen molar-refractivity contribution in [1.29, 1.82) is 0 Å². The van der Waals surface area contributed by atoms with E-state index in [1.807, 2.05) is 6.07 Å². The SMILES string of the molecule is C[SiH2]O[SiH](C)c1ccccc1.[SiH3]O[SiH3]. The Balaban J connectivity index is 0.000000500. The molecule has 0 aromatic heterocycles. The van der Waals surface area contributed by atoms with E-state index < -0.39 is 9.04 Å². The van der Waals surface area contributed by atoms with Gasteiger partial charge in [0.05, 0.1) is 0 Å². The maximum Gasteiger partial charge on any atom is 0.192 e. The van der Waals surface area contributed by atoms with Crippen LogP contribution in [0.3, 0.4) is 0 Å². The second-order valence-electron chi connectivity index (χ2n) is 2.92. The fourth-order valence-electron chi connectivity index (χ4n) is 1.07. The van der Waals surface area contributed by atoms with Crippen molar-refractivity contribution in [2.75, 3.05) is 0 Å². The molecule has 6 heteroatoms. The van der Waals surface area contributed by atoms with Gasteiger partial charge in [-0.15, -0.1) is 0 Å². The Kier molecular flexibility index (Phi) is 9.56. The maximum absolute atomic E-state index is 5.71. The minimum Gasteiger partial charge on any atom is -0.471 e. The van der Waals surface area contributed by atoms with Gasteiger partial charge >= 0.3 is 0 Å². The second-order valence-corrected chi connectivity index (χ2v) is 10.0. The summed E-state index contributed by atoms with van der Waals surface area (Å²) in [6.45, 7) is 4.43. The van der Waals surface area contributed by atoms with Gasteiger partial charge in [-0.2, -0.15) is 0 Å². The average molecular weight is 261 g/mol. The van der Waals surface area contributed by atoms with Crippen molar-refractivity contribution in [2.24, 2.45) is 0 Å². The highest BCUT2D eigenvalue weighted by Crippen LogP contribution is 1.88. The molecule has 0 radical (unpaired) electrons.